The molecule has 1 unspecified atom stereocenters. The molecule has 4 nitrogen and oxygen atoms in total. The average Bonchev–Trinajstić information content (AvgIpc) is 2.94. The van der Waals surface area contributed by atoms with Crippen molar-refractivity contribution in [2.24, 2.45) is 0 Å². The molecule has 2 heterocycles. The summed E-state index contributed by atoms with van der Waals surface area (Å²) in [4.78, 5) is 24.8. The van der Waals surface area contributed by atoms with Gasteiger partial charge in [0.1, 0.15) is 11.6 Å². The van der Waals surface area contributed by atoms with Crippen molar-refractivity contribution in [3.63, 3.8) is 0 Å². The molecule has 1 aromatic carbocycles. The van der Waals surface area contributed by atoms with Gasteiger partial charge in [-0.1, -0.05) is 0 Å². The van der Waals surface area contributed by atoms with Crippen molar-refractivity contribution >= 4 is 17.5 Å². The minimum absolute atomic E-state index is 0.100. The molecule has 2 saturated heterocycles. The molecule has 2 aliphatic rings. The molecule has 0 aliphatic carbocycles. The zero-order valence-corrected chi connectivity index (χ0v) is 11.5. The number of benzene rings is 1. The molecule has 0 saturated carbocycles. The standard InChI is InChI=1S/C15H16F2N2O2/c16-11-7-9(19-5-1-2-6-19)8-12(17)14(11)10-3-4-13(20)18-15(10)21/h7-8,10H,1-6H2,(H,18,20,21). The SMILES string of the molecule is O=C1CCC(c2c(F)cc(N3CCCC3)cc2F)C(=O)N1. The number of piperidine rings is 1. The fourth-order valence-electron chi connectivity index (χ4n) is 3.03. The van der Waals surface area contributed by atoms with Crippen molar-refractivity contribution in [1.82, 2.24) is 5.32 Å². The van der Waals surface area contributed by atoms with Crippen molar-refractivity contribution in [2.75, 3.05) is 18.0 Å². The van der Waals surface area contributed by atoms with Crippen LogP contribution in [0, 0.1) is 11.6 Å². The molecule has 0 spiro atoms. The number of carbonyl (C=O) groups is 2. The van der Waals surface area contributed by atoms with E-state index >= 15 is 0 Å². The number of nitrogens with one attached hydrogen (secondary N) is 1. The molecule has 2 aliphatic heterocycles. The van der Waals surface area contributed by atoms with Crippen molar-refractivity contribution < 1.29 is 18.4 Å². The van der Waals surface area contributed by atoms with Gasteiger partial charge < -0.3 is 4.90 Å². The van der Waals surface area contributed by atoms with E-state index in [9.17, 15) is 18.4 Å². The van der Waals surface area contributed by atoms with Crippen LogP contribution in [0.3, 0.4) is 0 Å². The van der Waals surface area contributed by atoms with Crippen LogP contribution in [0.1, 0.15) is 37.2 Å². The van der Waals surface area contributed by atoms with Gasteiger partial charge in [-0.25, -0.2) is 8.78 Å². The normalized spacial score (nSPS) is 22.6. The number of anilines is 1. The second-order valence-electron chi connectivity index (χ2n) is 5.52. The third-order valence-electron chi connectivity index (χ3n) is 4.12. The van der Waals surface area contributed by atoms with Gasteiger partial charge in [-0.15, -0.1) is 0 Å². The minimum Gasteiger partial charge on any atom is -0.371 e. The Hall–Kier alpha value is -1.98. The highest BCUT2D eigenvalue weighted by Gasteiger charge is 2.32. The Bertz CT molecular complexity index is 574. The summed E-state index contributed by atoms with van der Waals surface area (Å²) in [7, 11) is 0. The molecule has 2 amide bonds. The van der Waals surface area contributed by atoms with Crippen molar-refractivity contribution in [3.05, 3.63) is 29.3 Å². The summed E-state index contributed by atoms with van der Waals surface area (Å²) >= 11 is 0. The predicted octanol–water partition coefficient (Wildman–Crippen LogP) is 2.09. The molecular formula is C15H16F2N2O2. The molecule has 112 valence electrons. The maximum absolute atomic E-state index is 14.3. The van der Waals surface area contributed by atoms with Gasteiger partial charge in [0.2, 0.25) is 11.8 Å². The number of hydrogen-bond acceptors (Lipinski definition) is 3. The number of nitrogens with zero attached hydrogens (tertiary/aromatic N) is 1. The molecule has 0 bridgehead atoms. The van der Waals surface area contributed by atoms with Gasteiger partial charge in [0.05, 0.1) is 5.92 Å². The first-order valence-corrected chi connectivity index (χ1v) is 7.14. The zero-order chi connectivity index (χ0) is 15.0. The van der Waals surface area contributed by atoms with Crippen LogP contribution in [0.2, 0.25) is 0 Å². The number of hydrogen-bond donors (Lipinski definition) is 1. The Morgan fingerprint density at radius 2 is 1.71 bits per heavy atom. The van der Waals surface area contributed by atoms with Gasteiger partial charge in [0.25, 0.3) is 0 Å². The van der Waals surface area contributed by atoms with E-state index in [2.05, 4.69) is 5.32 Å². The molecule has 0 radical (unpaired) electrons. The summed E-state index contributed by atoms with van der Waals surface area (Å²) in [6.45, 7) is 1.58. The topological polar surface area (TPSA) is 49.4 Å². The van der Waals surface area contributed by atoms with Crippen molar-refractivity contribution in [1.29, 1.82) is 0 Å². The van der Waals surface area contributed by atoms with Crippen LogP contribution in [0.25, 0.3) is 0 Å². The van der Waals surface area contributed by atoms with Gasteiger partial charge in [0.15, 0.2) is 0 Å². The first-order chi connectivity index (χ1) is 10.1. The number of rotatable bonds is 2. The maximum atomic E-state index is 14.3. The summed E-state index contributed by atoms with van der Waals surface area (Å²) in [6, 6.07) is 2.57. The first kappa shape index (κ1) is 14.0. The average molecular weight is 294 g/mol. The van der Waals surface area contributed by atoms with Gasteiger partial charge in [0, 0.05) is 30.8 Å². The quantitative estimate of drug-likeness (QED) is 0.850. The van der Waals surface area contributed by atoms with E-state index in [4.69, 9.17) is 0 Å². The van der Waals surface area contributed by atoms with Crippen molar-refractivity contribution in [2.45, 2.75) is 31.6 Å². The van der Waals surface area contributed by atoms with Crippen LogP contribution in [-0.2, 0) is 9.59 Å². The minimum atomic E-state index is -0.935. The Labute approximate surface area is 121 Å². The van der Waals surface area contributed by atoms with Crippen LogP contribution < -0.4 is 10.2 Å². The molecule has 21 heavy (non-hydrogen) atoms. The molecule has 2 fully saturated rings. The number of carbonyl (C=O) groups excluding carboxylic acids is 2. The zero-order valence-electron chi connectivity index (χ0n) is 11.5. The van der Waals surface area contributed by atoms with E-state index in [-0.39, 0.29) is 18.4 Å². The summed E-state index contributed by atoms with van der Waals surface area (Å²) < 4.78 is 28.6. The summed E-state index contributed by atoms with van der Waals surface area (Å²) in [6.07, 6.45) is 2.26. The lowest BCUT2D eigenvalue weighted by Crippen LogP contribution is -2.40. The summed E-state index contributed by atoms with van der Waals surface area (Å²) in [5.74, 6) is -3.39. The van der Waals surface area contributed by atoms with Crippen LogP contribution in [0.4, 0.5) is 14.5 Å². The number of amides is 2. The van der Waals surface area contributed by atoms with Crippen molar-refractivity contribution in [3.8, 4) is 0 Å². The van der Waals surface area contributed by atoms with Gasteiger partial charge in [-0.05, 0) is 31.4 Å². The van der Waals surface area contributed by atoms with Crippen LogP contribution in [0.5, 0.6) is 0 Å². The monoisotopic (exact) mass is 294 g/mol. The predicted molar refractivity (Wildman–Crippen MR) is 72.9 cm³/mol. The molecular weight excluding hydrogens is 278 g/mol. The second kappa shape index (κ2) is 5.42. The van der Waals surface area contributed by atoms with E-state index in [1.165, 1.54) is 12.1 Å². The van der Waals surface area contributed by atoms with Gasteiger partial charge in [-0.3, -0.25) is 14.9 Å². The van der Waals surface area contributed by atoms with E-state index in [0.29, 0.717) is 5.69 Å². The smallest absolute Gasteiger partial charge is 0.234 e. The van der Waals surface area contributed by atoms with Crippen LogP contribution >= 0.6 is 0 Å². The molecule has 3 rings (SSSR count). The lowest BCUT2D eigenvalue weighted by atomic mass is 9.89. The highest BCUT2D eigenvalue weighted by molar-refractivity contribution is 6.01. The Morgan fingerprint density at radius 3 is 2.29 bits per heavy atom. The third kappa shape index (κ3) is 2.62. The summed E-state index contributed by atoms with van der Waals surface area (Å²) in [5.41, 5.74) is 0.279. The lowest BCUT2D eigenvalue weighted by Gasteiger charge is -2.24. The highest BCUT2D eigenvalue weighted by atomic mass is 19.1. The van der Waals surface area contributed by atoms with Gasteiger partial charge in [-0.2, -0.15) is 0 Å². The fraction of sp³-hybridized carbons (Fsp3) is 0.467. The van der Waals surface area contributed by atoms with E-state index in [1.54, 1.807) is 0 Å². The molecule has 6 heteroatoms. The first-order valence-electron chi connectivity index (χ1n) is 7.14. The molecule has 1 atom stereocenters. The van der Waals surface area contributed by atoms with E-state index < -0.39 is 29.4 Å². The van der Waals surface area contributed by atoms with Crippen LogP contribution in [-0.4, -0.2) is 24.9 Å². The Balaban J connectivity index is 1.92. The van der Waals surface area contributed by atoms with E-state index in [0.717, 1.165) is 25.9 Å². The van der Waals surface area contributed by atoms with Crippen LogP contribution in [0.15, 0.2) is 12.1 Å². The highest BCUT2D eigenvalue weighted by Crippen LogP contribution is 2.32. The second-order valence-corrected chi connectivity index (χ2v) is 5.52. The molecule has 1 aromatic rings. The lowest BCUT2D eigenvalue weighted by molar-refractivity contribution is -0.134. The largest absolute Gasteiger partial charge is 0.371 e. The third-order valence-corrected chi connectivity index (χ3v) is 4.12. The number of imide groups is 1. The molecule has 0 aromatic heterocycles. The summed E-state index contributed by atoms with van der Waals surface area (Å²) in [5, 5.41) is 2.13. The van der Waals surface area contributed by atoms with E-state index in [1.807, 2.05) is 4.90 Å². The molecule has 1 N–H and O–H groups in total. The van der Waals surface area contributed by atoms with Gasteiger partial charge >= 0.3 is 0 Å². The maximum Gasteiger partial charge on any atom is 0.234 e. The Morgan fingerprint density at radius 1 is 1.10 bits per heavy atom. The Kier molecular flexibility index (Phi) is 3.61. The number of halogens is 2. The fourth-order valence-corrected chi connectivity index (χ4v) is 3.03.